The highest BCUT2D eigenvalue weighted by molar-refractivity contribution is 7.71. The number of hydrogen-bond acceptors (Lipinski definition) is 6. The first-order valence-corrected chi connectivity index (χ1v) is 5.87. The van der Waals surface area contributed by atoms with Crippen LogP contribution >= 0.6 is 23.8 Å². The summed E-state index contributed by atoms with van der Waals surface area (Å²) in [5.74, 6) is 0. The van der Waals surface area contributed by atoms with Crippen molar-refractivity contribution in [3.8, 4) is 0 Å². The van der Waals surface area contributed by atoms with Crippen LogP contribution in [0.15, 0.2) is 11.0 Å². The number of nitrogens with zero attached hydrogens (tertiary/aromatic N) is 1. The first-order chi connectivity index (χ1) is 8.45. The molecule has 0 radical (unpaired) electrons. The van der Waals surface area contributed by atoms with Crippen molar-refractivity contribution in [3.05, 3.63) is 26.3 Å². The number of halogens is 1. The lowest BCUT2D eigenvalue weighted by Gasteiger charge is -2.17. The van der Waals surface area contributed by atoms with E-state index in [0.717, 1.165) is 4.57 Å². The number of aromatic amines is 1. The van der Waals surface area contributed by atoms with Gasteiger partial charge in [0, 0.05) is 6.20 Å². The molecule has 1 fully saturated rings. The molecule has 0 bridgehead atoms. The van der Waals surface area contributed by atoms with E-state index in [0.29, 0.717) is 0 Å². The third-order valence-electron chi connectivity index (χ3n) is 2.72. The second-order valence-electron chi connectivity index (χ2n) is 3.87. The molecule has 2 heterocycles. The predicted molar refractivity (Wildman–Crippen MR) is 63.9 cm³/mol. The van der Waals surface area contributed by atoms with Gasteiger partial charge in [-0.15, -0.1) is 0 Å². The third kappa shape index (κ3) is 2.22. The lowest BCUT2D eigenvalue weighted by Crippen LogP contribution is -2.36. The van der Waals surface area contributed by atoms with Crippen molar-refractivity contribution >= 4 is 23.8 Å². The van der Waals surface area contributed by atoms with Crippen LogP contribution in [-0.2, 0) is 4.74 Å². The van der Waals surface area contributed by atoms with Crippen LogP contribution in [0.3, 0.4) is 0 Å². The molecule has 1 aromatic rings. The number of H-pyrrole nitrogens is 1. The van der Waals surface area contributed by atoms with Gasteiger partial charge < -0.3 is 20.1 Å². The van der Waals surface area contributed by atoms with Crippen molar-refractivity contribution in [3.63, 3.8) is 0 Å². The van der Waals surface area contributed by atoms with Crippen molar-refractivity contribution in [2.24, 2.45) is 0 Å². The molecule has 0 aliphatic carbocycles. The molecule has 1 aliphatic heterocycles. The average molecular weight is 295 g/mol. The summed E-state index contributed by atoms with van der Waals surface area (Å²) in [7, 11) is 0. The maximum absolute atomic E-state index is 11.7. The summed E-state index contributed by atoms with van der Waals surface area (Å²) < 4.78 is 6.26. The second-order valence-corrected chi connectivity index (χ2v) is 4.69. The Kier molecular flexibility index (Phi) is 3.85. The summed E-state index contributed by atoms with van der Waals surface area (Å²) in [6, 6.07) is 0. The van der Waals surface area contributed by atoms with Gasteiger partial charge in [-0.1, -0.05) is 23.8 Å². The van der Waals surface area contributed by atoms with E-state index >= 15 is 0 Å². The van der Waals surface area contributed by atoms with Gasteiger partial charge in [-0.05, 0) is 0 Å². The summed E-state index contributed by atoms with van der Waals surface area (Å²) in [6.07, 6.45) is -3.51. The van der Waals surface area contributed by atoms with Crippen molar-refractivity contribution in [2.75, 3.05) is 6.61 Å². The first-order valence-electron chi connectivity index (χ1n) is 5.09. The molecule has 0 aromatic carbocycles. The van der Waals surface area contributed by atoms with Crippen LogP contribution in [0.1, 0.15) is 6.23 Å². The van der Waals surface area contributed by atoms with E-state index in [1.807, 2.05) is 0 Å². The number of aromatic nitrogens is 2. The van der Waals surface area contributed by atoms with Crippen LogP contribution in [0, 0.1) is 4.64 Å². The van der Waals surface area contributed by atoms with Crippen LogP contribution in [0.25, 0.3) is 0 Å². The predicted octanol–water partition coefficient (Wildman–Crippen LogP) is -0.829. The molecule has 2 rings (SSSR count). The zero-order valence-electron chi connectivity index (χ0n) is 8.99. The SMILES string of the molecule is O=c1[nH]c(=S)c(Cl)cn1[C@@H]1O[C@H](CO)[C@@H](O)[C@H]1O. The minimum atomic E-state index is -1.35. The zero-order chi connectivity index (χ0) is 13.4. The van der Waals surface area contributed by atoms with E-state index in [9.17, 15) is 15.0 Å². The topological polar surface area (TPSA) is 108 Å². The quantitative estimate of drug-likeness (QED) is 0.530. The Bertz CT molecular complexity index is 559. The first kappa shape index (κ1) is 13.7. The number of rotatable bonds is 2. The van der Waals surface area contributed by atoms with E-state index in [-0.39, 0.29) is 9.66 Å². The fourth-order valence-corrected chi connectivity index (χ4v) is 2.05. The van der Waals surface area contributed by atoms with Gasteiger partial charge in [-0.3, -0.25) is 9.55 Å². The molecular formula is C9H11ClN2O5S. The molecule has 0 saturated carbocycles. The van der Waals surface area contributed by atoms with Gasteiger partial charge in [-0.25, -0.2) is 4.79 Å². The highest BCUT2D eigenvalue weighted by Gasteiger charge is 2.43. The van der Waals surface area contributed by atoms with Gasteiger partial charge in [0.1, 0.15) is 23.0 Å². The van der Waals surface area contributed by atoms with Gasteiger partial charge in [0.15, 0.2) is 6.23 Å². The van der Waals surface area contributed by atoms with Crippen molar-refractivity contribution in [1.29, 1.82) is 0 Å². The van der Waals surface area contributed by atoms with E-state index in [2.05, 4.69) is 4.98 Å². The maximum Gasteiger partial charge on any atom is 0.328 e. The van der Waals surface area contributed by atoms with Crippen LogP contribution in [0.2, 0.25) is 5.02 Å². The largest absolute Gasteiger partial charge is 0.394 e. The molecule has 0 unspecified atom stereocenters. The molecular weight excluding hydrogens is 284 g/mol. The number of aliphatic hydroxyl groups excluding tert-OH is 3. The third-order valence-corrected chi connectivity index (χ3v) is 3.44. The molecule has 4 N–H and O–H groups in total. The smallest absolute Gasteiger partial charge is 0.328 e. The molecule has 0 spiro atoms. The summed E-state index contributed by atoms with van der Waals surface area (Å²) in [6.45, 7) is -0.472. The van der Waals surface area contributed by atoms with Crippen LogP contribution in [0.4, 0.5) is 0 Å². The molecule has 9 heteroatoms. The molecule has 4 atom stereocenters. The summed E-state index contributed by atoms with van der Waals surface area (Å²) in [5, 5.41) is 28.4. The van der Waals surface area contributed by atoms with E-state index in [1.165, 1.54) is 6.20 Å². The molecule has 100 valence electrons. The average Bonchev–Trinajstić information content (AvgIpc) is 2.61. The fraction of sp³-hybridized carbons (Fsp3) is 0.556. The van der Waals surface area contributed by atoms with Crippen LogP contribution < -0.4 is 5.69 Å². The van der Waals surface area contributed by atoms with Gasteiger partial charge in [0.25, 0.3) is 0 Å². The highest BCUT2D eigenvalue weighted by atomic mass is 35.5. The van der Waals surface area contributed by atoms with Gasteiger partial charge >= 0.3 is 5.69 Å². The van der Waals surface area contributed by atoms with Gasteiger partial charge in [0.05, 0.1) is 11.6 Å². The summed E-state index contributed by atoms with van der Waals surface area (Å²) in [4.78, 5) is 14.0. The zero-order valence-corrected chi connectivity index (χ0v) is 10.6. The number of ether oxygens (including phenoxy) is 1. The fourth-order valence-electron chi connectivity index (χ4n) is 1.76. The normalized spacial score (nSPS) is 31.8. The minimum Gasteiger partial charge on any atom is -0.394 e. The second kappa shape index (κ2) is 5.08. The van der Waals surface area contributed by atoms with Crippen LogP contribution in [-0.4, -0.2) is 49.8 Å². The Morgan fingerprint density at radius 1 is 1.50 bits per heavy atom. The van der Waals surface area contributed by atoms with Gasteiger partial charge in [0.2, 0.25) is 0 Å². The molecule has 0 amide bonds. The van der Waals surface area contributed by atoms with Gasteiger partial charge in [-0.2, -0.15) is 0 Å². The molecule has 18 heavy (non-hydrogen) atoms. The summed E-state index contributed by atoms with van der Waals surface area (Å²) in [5.41, 5.74) is -0.626. The minimum absolute atomic E-state index is 0.0738. The monoisotopic (exact) mass is 294 g/mol. The summed E-state index contributed by atoms with van der Waals surface area (Å²) >= 11 is 10.6. The highest BCUT2D eigenvalue weighted by Crippen LogP contribution is 2.28. The van der Waals surface area contributed by atoms with Crippen LogP contribution in [0.5, 0.6) is 0 Å². The lowest BCUT2D eigenvalue weighted by atomic mass is 10.1. The lowest BCUT2D eigenvalue weighted by molar-refractivity contribution is -0.0549. The maximum atomic E-state index is 11.7. The number of aliphatic hydroxyl groups is 3. The molecule has 1 aliphatic rings. The van der Waals surface area contributed by atoms with Crippen molar-refractivity contribution in [1.82, 2.24) is 9.55 Å². The Morgan fingerprint density at radius 3 is 2.72 bits per heavy atom. The Hall–Kier alpha value is -0.770. The van der Waals surface area contributed by atoms with Crippen molar-refractivity contribution in [2.45, 2.75) is 24.5 Å². The van der Waals surface area contributed by atoms with E-state index in [4.69, 9.17) is 33.7 Å². The number of nitrogens with one attached hydrogen (secondary N) is 1. The molecule has 1 aromatic heterocycles. The van der Waals surface area contributed by atoms with Crippen molar-refractivity contribution < 1.29 is 20.1 Å². The standard InChI is InChI=1S/C9H11ClN2O5S/c10-3-1-12(9(16)11-7(3)18)8-6(15)5(14)4(2-13)17-8/h1,4-6,8,13-15H,2H2,(H,11,16,18)/t4-,5-,6-,8-/m1/s1. The van der Waals surface area contributed by atoms with E-state index in [1.54, 1.807) is 0 Å². The molecule has 7 nitrogen and oxygen atoms in total. The Labute approximate surface area is 111 Å². The van der Waals surface area contributed by atoms with E-state index < -0.39 is 36.8 Å². The Morgan fingerprint density at radius 2 is 2.17 bits per heavy atom. The number of hydrogen-bond donors (Lipinski definition) is 4. The molecule has 1 saturated heterocycles. The Balaban J connectivity index is 2.42.